The van der Waals surface area contributed by atoms with Crippen LogP contribution in [0.4, 0.5) is 0 Å². The maximum Gasteiger partial charge on any atom is 0.275 e. The monoisotopic (exact) mass is 502 g/mol. The van der Waals surface area contributed by atoms with Gasteiger partial charge in [0.25, 0.3) is 5.91 Å². The molecule has 1 unspecified atom stereocenters. The second kappa shape index (κ2) is 11.6. The average Bonchev–Trinajstić information content (AvgIpc) is 3.38. The van der Waals surface area contributed by atoms with Crippen molar-refractivity contribution in [1.82, 2.24) is 19.8 Å². The Hall–Kier alpha value is -3.00. The molecule has 1 aliphatic carbocycles. The van der Waals surface area contributed by atoms with E-state index in [4.69, 9.17) is 9.72 Å². The summed E-state index contributed by atoms with van der Waals surface area (Å²) in [6.45, 7) is 2.65. The van der Waals surface area contributed by atoms with Gasteiger partial charge in [0, 0.05) is 51.4 Å². The first-order chi connectivity index (χ1) is 18.1. The molecule has 7 heteroatoms. The van der Waals surface area contributed by atoms with Gasteiger partial charge in [0.05, 0.1) is 23.7 Å². The van der Waals surface area contributed by atoms with E-state index in [1.54, 1.807) is 13.4 Å². The van der Waals surface area contributed by atoms with E-state index in [0.717, 1.165) is 50.0 Å². The quantitative estimate of drug-likeness (QED) is 0.485. The molecule has 0 bridgehead atoms. The molecule has 2 aromatic carbocycles. The van der Waals surface area contributed by atoms with Crippen LogP contribution < -0.4 is 5.32 Å². The number of hydrogen-bond donors (Lipinski definition) is 2. The third-order valence-electron chi connectivity index (χ3n) is 8.00. The summed E-state index contributed by atoms with van der Waals surface area (Å²) < 4.78 is 7.42. The molecule has 2 heterocycles. The van der Waals surface area contributed by atoms with E-state index < -0.39 is 5.60 Å². The summed E-state index contributed by atoms with van der Waals surface area (Å²) in [6.07, 6.45) is 6.70. The predicted molar refractivity (Wildman–Crippen MR) is 144 cm³/mol. The summed E-state index contributed by atoms with van der Waals surface area (Å²) in [5, 5.41) is 15.2. The Morgan fingerprint density at radius 3 is 2.65 bits per heavy atom. The number of piperazine rings is 1. The van der Waals surface area contributed by atoms with Gasteiger partial charge in [0.2, 0.25) is 0 Å². The lowest BCUT2D eigenvalue weighted by Crippen LogP contribution is -2.54. The van der Waals surface area contributed by atoms with Crippen LogP contribution in [0, 0.1) is 0 Å². The molecule has 0 radical (unpaired) electrons. The van der Waals surface area contributed by atoms with Crippen LogP contribution in [-0.2, 0) is 11.2 Å². The first kappa shape index (κ1) is 25.6. The van der Waals surface area contributed by atoms with Crippen molar-refractivity contribution in [2.75, 3.05) is 33.4 Å². The Morgan fingerprint density at radius 2 is 1.89 bits per heavy atom. The highest BCUT2D eigenvalue weighted by atomic mass is 16.5. The molecule has 0 spiro atoms. The number of aliphatic hydroxyl groups is 1. The first-order valence-corrected chi connectivity index (χ1v) is 13.5. The molecule has 1 amide bonds. The summed E-state index contributed by atoms with van der Waals surface area (Å²) >= 11 is 0. The Kier molecular flexibility index (Phi) is 8.03. The van der Waals surface area contributed by atoms with Gasteiger partial charge >= 0.3 is 0 Å². The van der Waals surface area contributed by atoms with Crippen molar-refractivity contribution in [1.29, 1.82) is 0 Å². The van der Waals surface area contributed by atoms with Crippen molar-refractivity contribution in [2.24, 2.45) is 0 Å². The van der Waals surface area contributed by atoms with Crippen molar-refractivity contribution >= 4 is 5.91 Å². The second-order valence-corrected chi connectivity index (χ2v) is 10.4. The van der Waals surface area contributed by atoms with E-state index in [1.165, 1.54) is 5.56 Å². The highest BCUT2D eigenvalue weighted by Crippen LogP contribution is 2.42. The van der Waals surface area contributed by atoms with E-state index in [1.807, 2.05) is 53.4 Å². The van der Waals surface area contributed by atoms with Crippen LogP contribution in [0.3, 0.4) is 0 Å². The number of ether oxygens (including phenoxy) is 1. The standard InChI is InChI=1S/C30H38N4O3/c1-37-19-16-30(36)15-9-8-14-26(30)34-22-32-27(28(34)24-12-6-3-7-13-24)29(35)33-18-17-31-21-25(33)20-23-10-4-2-5-11-23/h2-7,10-13,22,25-26,31,36H,8-9,14-21H2,1H3/t25-,26+,30?/m1/s1. The number of carbonyl (C=O) groups is 1. The number of hydrogen-bond acceptors (Lipinski definition) is 5. The fourth-order valence-corrected chi connectivity index (χ4v) is 6.04. The minimum absolute atomic E-state index is 0.0451. The highest BCUT2D eigenvalue weighted by Gasteiger charge is 2.42. The van der Waals surface area contributed by atoms with Crippen LogP contribution >= 0.6 is 0 Å². The highest BCUT2D eigenvalue weighted by molar-refractivity contribution is 5.98. The maximum absolute atomic E-state index is 14.2. The molecule has 2 N–H and O–H groups in total. The SMILES string of the molecule is COCCC1(O)CCCC[C@@H]1n1cnc(C(=O)N2CCNC[C@H]2Cc2ccccc2)c1-c1ccccc1. The van der Waals surface area contributed by atoms with Crippen molar-refractivity contribution in [3.63, 3.8) is 0 Å². The van der Waals surface area contributed by atoms with E-state index in [-0.39, 0.29) is 18.0 Å². The zero-order chi connectivity index (χ0) is 25.7. The molecule has 1 saturated heterocycles. The van der Waals surface area contributed by atoms with Crippen LogP contribution in [0.15, 0.2) is 67.0 Å². The minimum atomic E-state index is -0.899. The smallest absolute Gasteiger partial charge is 0.275 e. The number of rotatable bonds is 8. The molecule has 3 atom stereocenters. The summed E-state index contributed by atoms with van der Waals surface area (Å²) in [5.41, 5.74) is 2.52. The van der Waals surface area contributed by atoms with Gasteiger partial charge in [-0.1, -0.05) is 73.5 Å². The summed E-state index contributed by atoms with van der Waals surface area (Å²) in [5.74, 6) is -0.0451. The summed E-state index contributed by atoms with van der Waals surface area (Å²) in [4.78, 5) is 20.9. The minimum Gasteiger partial charge on any atom is -0.388 e. The number of carbonyl (C=O) groups excluding carboxylic acids is 1. The predicted octanol–water partition coefficient (Wildman–Crippen LogP) is 4.09. The van der Waals surface area contributed by atoms with Gasteiger partial charge in [0.15, 0.2) is 5.69 Å². The van der Waals surface area contributed by atoms with Gasteiger partial charge in [0.1, 0.15) is 0 Å². The Balaban J connectivity index is 1.52. The van der Waals surface area contributed by atoms with Crippen LogP contribution in [0.1, 0.15) is 54.2 Å². The van der Waals surface area contributed by atoms with Crippen LogP contribution in [0.2, 0.25) is 0 Å². The fraction of sp³-hybridized carbons (Fsp3) is 0.467. The average molecular weight is 503 g/mol. The second-order valence-electron chi connectivity index (χ2n) is 10.4. The van der Waals surface area contributed by atoms with Gasteiger partial charge in [-0.2, -0.15) is 0 Å². The van der Waals surface area contributed by atoms with E-state index in [2.05, 4.69) is 22.0 Å². The van der Waals surface area contributed by atoms with Crippen molar-refractivity contribution in [2.45, 2.75) is 56.2 Å². The van der Waals surface area contributed by atoms with Gasteiger partial charge in [-0.05, 0) is 24.8 Å². The maximum atomic E-state index is 14.2. The van der Waals surface area contributed by atoms with Crippen LogP contribution in [0.25, 0.3) is 11.3 Å². The van der Waals surface area contributed by atoms with Gasteiger partial charge in [-0.15, -0.1) is 0 Å². The lowest BCUT2D eigenvalue weighted by molar-refractivity contribution is -0.0606. The largest absolute Gasteiger partial charge is 0.388 e. The number of nitrogens with zero attached hydrogens (tertiary/aromatic N) is 3. The summed E-state index contributed by atoms with van der Waals surface area (Å²) in [6, 6.07) is 20.2. The molecule has 5 rings (SSSR count). The third kappa shape index (κ3) is 5.49. The third-order valence-corrected chi connectivity index (χ3v) is 8.00. The van der Waals surface area contributed by atoms with Crippen molar-refractivity contribution in [3.05, 3.63) is 78.2 Å². The molecule has 7 nitrogen and oxygen atoms in total. The summed E-state index contributed by atoms with van der Waals surface area (Å²) in [7, 11) is 1.67. The Bertz CT molecular complexity index is 1170. The molecule has 1 aliphatic heterocycles. The topological polar surface area (TPSA) is 79.6 Å². The Labute approximate surface area is 219 Å². The lowest BCUT2D eigenvalue weighted by atomic mass is 9.78. The molecule has 1 saturated carbocycles. The molecule has 2 aliphatic rings. The number of benzene rings is 2. The molecule has 196 valence electrons. The van der Waals surface area contributed by atoms with Gasteiger partial charge < -0.3 is 24.6 Å². The first-order valence-electron chi connectivity index (χ1n) is 13.5. The van der Waals surface area contributed by atoms with Crippen molar-refractivity contribution in [3.8, 4) is 11.3 Å². The van der Waals surface area contributed by atoms with Gasteiger partial charge in [-0.25, -0.2) is 4.98 Å². The molecule has 3 aromatic rings. The molecule has 2 fully saturated rings. The van der Waals surface area contributed by atoms with Crippen LogP contribution in [0.5, 0.6) is 0 Å². The van der Waals surface area contributed by atoms with Gasteiger partial charge in [-0.3, -0.25) is 4.79 Å². The number of nitrogens with one attached hydrogen (secondary N) is 1. The zero-order valence-corrected chi connectivity index (χ0v) is 21.7. The number of methoxy groups -OCH3 is 1. The Morgan fingerprint density at radius 1 is 1.14 bits per heavy atom. The van der Waals surface area contributed by atoms with E-state index in [9.17, 15) is 9.90 Å². The van der Waals surface area contributed by atoms with E-state index in [0.29, 0.717) is 31.7 Å². The fourth-order valence-electron chi connectivity index (χ4n) is 6.04. The molecular formula is C30H38N4O3. The lowest BCUT2D eigenvalue weighted by Gasteiger charge is -2.41. The van der Waals surface area contributed by atoms with E-state index >= 15 is 0 Å². The number of amides is 1. The number of aromatic nitrogens is 2. The zero-order valence-electron chi connectivity index (χ0n) is 21.7. The van der Waals surface area contributed by atoms with Crippen molar-refractivity contribution < 1.29 is 14.6 Å². The molecule has 1 aromatic heterocycles. The molecule has 37 heavy (non-hydrogen) atoms. The molecular weight excluding hydrogens is 464 g/mol. The van der Waals surface area contributed by atoms with Crippen LogP contribution in [-0.4, -0.2) is 70.5 Å². The number of imidazole rings is 1. The normalized spacial score (nSPS) is 24.2.